The van der Waals surface area contributed by atoms with Gasteiger partial charge in [0.15, 0.2) is 5.82 Å². The highest BCUT2D eigenvalue weighted by atomic mass is 16.4. The van der Waals surface area contributed by atoms with Crippen LogP contribution in [0.2, 0.25) is 0 Å². The minimum atomic E-state index is -1.18. The van der Waals surface area contributed by atoms with Gasteiger partial charge in [0.25, 0.3) is 5.91 Å². The molecule has 6 heteroatoms. The van der Waals surface area contributed by atoms with Crippen LogP contribution in [0.4, 0.5) is 0 Å². The third kappa shape index (κ3) is 3.52. The Balaban J connectivity index is 1.84. The second kappa shape index (κ2) is 7.01. The SMILES string of the molecule is Cc1nc(-c2ccccc2)ncc1C(=O)NC1(C(=O)O)CCCCC1. The Morgan fingerprint density at radius 2 is 1.80 bits per heavy atom. The van der Waals surface area contributed by atoms with E-state index in [1.807, 2.05) is 30.3 Å². The van der Waals surface area contributed by atoms with Gasteiger partial charge in [-0.25, -0.2) is 14.8 Å². The zero-order valence-electron chi connectivity index (χ0n) is 14.2. The molecule has 3 rings (SSSR count). The van der Waals surface area contributed by atoms with Gasteiger partial charge in [-0.2, -0.15) is 0 Å². The molecule has 1 amide bonds. The third-order valence-electron chi connectivity index (χ3n) is 4.73. The second-order valence-corrected chi connectivity index (χ2v) is 6.46. The number of amides is 1. The molecule has 1 aromatic heterocycles. The summed E-state index contributed by atoms with van der Waals surface area (Å²) in [6.07, 6.45) is 4.98. The fraction of sp³-hybridized carbons (Fsp3) is 0.368. The number of rotatable bonds is 4. The molecule has 1 heterocycles. The highest BCUT2D eigenvalue weighted by Crippen LogP contribution is 2.29. The van der Waals surface area contributed by atoms with Gasteiger partial charge in [0.1, 0.15) is 5.54 Å². The van der Waals surface area contributed by atoms with Gasteiger partial charge in [0.2, 0.25) is 0 Å². The predicted molar refractivity (Wildman–Crippen MR) is 93.1 cm³/mol. The maximum atomic E-state index is 12.6. The van der Waals surface area contributed by atoms with Crippen LogP contribution in [0.25, 0.3) is 11.4 Å². The molecule has 1 aromatic carbocycles. The highest BCUT2D eigenvalue weighted by molar-refractivity contribution is 5.98. The molecule has 0 spiro atoms. The Kier molecular flexibility index (Phi) is 4.79. The smallest absolute Gasteiger partial charge is 0.329 e. The minimum absolute atomic E-state index is 0.311. The van der Waals surface area contributed by atoms with E-state index in [2.05, 4.69) is 15.3 Å². The summed E-state index contributed by atoms with van der Waals surface area (Å²) in [6, 6.07) is 9.50. The van der Waals surface area contributed by atoms with Crippen molar-refractivity contribution in [3.63, 3.8) is 0 Å². The molecule has 0 unspecified atom stereocenters. The van der Waals surface area contributed by atoms with Gasteiger partial charge in [-0.3, -0.25) is 4.79 Å². The Bertz CT molecular complexity index is 784. The Labute approximate surface area is 146 Å². The van der Waals surface area contributed by atoms with E-state index in [1.54, 1.807) is 6.92 Å². The van der Waals surface area contributed by atoms with E-state index in [0.29, 0.717) is 29.9 Å². The molecule has 0 radical (unpaired) electrons. The highest BCUT2D eigenvalue weighted by Gasteiger charge is 2.41. The number of carbonyl (C=O) groups excluding carboxylic acids is 1. The Morgan fingerprint density at radius 1 is 1.12 bits per heavy atom. The van der Waals surface area contributed by atoms with Crippen LogP contribution < -0.4 is 5.32 Å². The molecule has 6 nitrogen and oxygen atoms in total. The minimum Gasteiger partial charge on any atom is -0.480 e. The van der Waals surface area contributed by atoms with Crippen molar-refractivity contribution in [1.82, 2.24) is 15.3 Å². The van der Waals surface area contributed by atoms with E-state index in [9.17, 15) is 14.7 Å². The number of benzene rings is 1. The number of carbonyl (C=O) groups is 2. The summed E-state index contributed by atoms with van der Waals surface area (Å²) in [5.41, 5.74) is 0.528. The lowest BCUT2D eigenvalue weighted by Gasteiger charge is -2.34. The van der Waals surface area contributed by atoms with Crippen molar-refractivity contribution in [3.05, 3.63) is 47.8 Å². The monoisotopic (exact) mass is 339 g/mol. The maximum absolute atomic E-state index is 12.6. The second-order valence-electron chi connectivity index (χ2n) is 6.46. The van der Waals surface area contributed by atoms with Crippen molar-refractivity contribution in [2.75, 3.05) is 0 Å². The molecule has 2 N–H and O–H groups in total. The summed E-state index contributed by atoms with van der Waals surface area (Å²) >= 11 is 0. The van der Waals surface area contributed by atoms with E-state index in [4.69, 9.17) is 0 Å². The van der Waals surface area contributed by atoms with Crippen LogP contribution >= 0.6 is 0 Å². The number of aryl methyl sites for hydroxylation is 1. The largest absolute Gasteiger partial charge is 0.480 e. The standard InChI is InChI=1S/C19H21N3O3/c1-13-15(12-20-16(21-13)14-8-4-2-5-9-14)17(23)22-19(18(24)25)10-6-3-7-11-19/h2,4-5,8-9,12H,3,6-7,10-11H2,1H3,(H,22,23)(H,24,25). The molecule has 1 fully saturated rings. The number of hydrogen-bond acceptors (Lipinski definition) is 4. The first-order chi connectivity index (χ1) is 12.0. The van der Waals surface area contributed by atoms with Gasteiger partial charge in [0.05, 0.1) is 11.3 Å². The maximum Gasteiger partial charge on any atom is 0.329 e. The molecule has 2 aromatic rings. The van der Waals surface area contributed by atoms with Crippen LogP contribution in [-0.4, -0.2) is 32.5 Å². The fourth-order valence-corrected chi connectivity index (χ4v) is 3.25. The first-order valence-corrected chi connectivity index (χ1v) is 8.47. The molecule has 1 aliphatic rings. The van der Waals surface area contributed by atoms with E-state index in [0.717, 1.165) is 24.8 Å². The van der Waals surface area contributed by atoms with E-state index >= 15 is 0 Å². The summed E-state index contributed by atoms with van der Waals surface area (Å²) in [5.74, 6) is -0.860. The number of carboxylic acid groups (broad SMARTS) is 1. The number of hydrogen-bond donors (Lipinski definition) is 2. The quantitative estimate of drug-likeness (QED) is 0.893. The van der Waals surface area contributed by atoms with Gasteiger partial charge < -0.3 is 10.4 Å². The van der Waals surface area contributed by atoms with Crippen molar-refractivity contribution in [2.45, 2.75) is 44.6 Å². The first kappa shape index (κ1) is 17.1. The summed E-state index contributed by atoms with van der Waals surface area (Å²) in [7, 11) is 0. The molecule has 0 saturated heterocycles. The lowest BCUT2D eigenvalue weighted by molar-refractivity contribution is -0.145. The van der Waals surface area contributed by atoms with Crippen molar-refractivity contribution in [3.8, 4) is 11.4 Å². The number of aromatic nitrogens is 2. The van der Waals surface area contributed by atoms with Gasteiger partial charge in [0, 0.05) is 11.8 Å². The summed E-state index contributed by atoms with van der Waals surface area (Å²) in [4.78, 5) is 33.0. The lowest BCUT2D eigenvalue weighted by Crippen LogP contribution is -2.55. The van der Waals surface area contributed by atoms with Crippen LogP contribution in [0.1, 0.15) is 48.2 Å². The molecule has 1 saturated carbocycles. The van der Waals surface area contributed by atoms with Crippen LogP contribution in [0.5, 0.6) is 0 Å². The van der Waals surface area contributed by atoms with E-state index in [-0.39, 0.29) is 0 Å². The average molecular weight is 339 g/mol. The molecule has 0 atom stereocenters. The number of carboxylic acids is 1. The van der Waals surface area contributed by atoms with Gasteiger partial charge in [-0.05, 0) is 19.8 Å². The molecule has 0 bridgehead atoms. The number of aliphatic carboxylic acids is 1. The normalized spacial score (nSPS) is 16.2. The van der Waals surface area contributed by atoms with Crippen molar-refractivity contribution in [1.29, 1.82) is 0 Å². The molecular formula is C19H21N3O3. The average Bonchev–Trinajstić information content (AvgIpc) is 2.63. The molecular weight excluding hydrogens is 318 g/mol. The van der Waals surface area contributed by atoms with Crippen molar-refractivity contribution in [2.24, 2.45) is 0 Å². The molecule has 0 aliphatic heterocycles. The van der Waals surface area contributed by atoms with E-state index in [1.165, 1.54) is 6.20 Å². The summed E-state index contributed by atoms with van der Waals surface area (Å²) in [6.45, 7) is 1.73. The van der Waals surface area contributed by atoms with Crippen LogP contribution in [0.15, 0.2) is 36.5 Å². The van der Waals surface area contributed by atoms with Gasteiger partial charge in [-0.1, -0.05) is 49.6 Å². The lowest BCUT2D eigenvalue weighted by atomic mass is 9.81. The topological polar surface area (TPSA) is 92.2 Å². The van der Waals surface area contributed by atoms with Crippen LogP contribution in [0.3, 0.4) is 0 Å². The zero-order valence-corrected chi connectivity index (χ0v) is 14.2. The third-order valence-corrected chi connectivity index (χ3v) is 4.73. The predicted octanol–water partition coefficient (Wildman–Crippen LogP) is 2.97. The molecule has 25 heavy (non-hydrogen) atoms. The van der Waals surface area contributed by atoms with Crippen molar-refractivity contribution >= 4 is 11.9 Å². The zero-order chi connectivity index (χ0) is 17.9. The van der Waals surface area contributed by atoms with Gasteiger partial charge >= 0.3 is 5.97 Å². The van der Waals surface area contributed by atoms with E-state index < -0.39 is 17.4 Å². The Morgan fingerprint density at radius 3 is 2.40 bits per heavy atom. The first-order valence-electron chi connectivity index (χ1n) is 8.47. The Hall–Kier alpha value is -2.76. The number of nitrogens with zero attached hydrogens (tertiary/aromatic N) is 2. The van der Waals surface area contributed by atoms with Crippen molar-refractivity contribution < 1.29 is 14.7 Å². The number of nitrogens with one attached hydrogen (secondary N) is 1. The van der Waals surface area contributed by atoms with Gasteiger partial charge in [-0.15, -0.1) is 0 Å². The van der Waals surface area contributed by atoms with Crippen LogP contribution in [0, 0.1) is 6.92 Å². The summed E-state index contributed by atoms with van der Waals surface area (Å²) in [5, 5.41) is 12.3. The molecule has 130 valence electrons. The fourth-order valence-electron chi connectivity index (χ4n) is 3.25. The molecule has 1 aliphatic carbocycles. The van der Waals surface area contributed by atoms with Crippen LogP contribution in [-0.2, 0) is 4.79 Å². The summed E-state index contributed by atoms with van der Waals surface area (Å²) < 4.78 is 0.